The summed E-state index contributed by atoms with van der Waals surface area (Å²) in [4.78, 5) is 16.3. The van der Waals surface area contributed by atoms with Crippen LogP contribution in [0.2, 0.25) is 0 Å². The molecule has 2 aromatic heterocycles. The zero-order valence-electron chi connectivity index (χ0n) is 14.6. The summed E-state index contributed by atoms with van der Waals surface area (Å²) in [6.45, 7) is 6.27. The van der Waals surface area contributed by atoms with Gasteiger partial charge in [-0.05, 0) is 38.8 Å². The summed E-state index contributed by atoms with van der Waals surface area (Å²) in [7, 11) is 0. The molecule has 1 fully saturated rings. The molecule has 132 valence electrons. The molecular weight excluding hydrogens is 318 g/mol. The highest BCUT2D eigenvalue weighted by Gasteiger charge is 2.46. The number of rotatable bonds is 3. The summed E-state index contributed by atoms with van der Waals surface area (Å²) >= 11 is 0. The lowest BCUT2D eigenvalue weighted by Crippen LogP contribution is -2.43. The molecule has 2 aliphatic heterocycles. The Morgan fingerprint density at radius 1 is 1.44 bits per heavy atom. The van der Waals surface area contributed by atoms with Crippen LogP contribution in [0.15, 0.2) is 24.5 Å². The molecule has 0 aromatic carbocycles. The number of ether oxygens (including phenoxy) is 2. The average molecular weight is 341 g/mol. The Bertz CT molecular complexity index is 823. The third kappa shape index (κ3) is 2.35. The second kappa shape index (κ2) is 5.88. The number of fused-ring (bicyclic) bond motifs is 3. The SMILES string of the molecule is CCn1c(C(N)=O)cc2c1-c1ccncc1OC2(C)C1CCOCC1. The van der Waals surface area contributed by atoms with E-state index in [4.69, 9.17) is 15.2 Å². The predicted molar refractivity (Wildman–Crippen MR) is 93.4 cm³/mol. The van der Waals surface area contributed by atoms with E-state index in [9.17, 15) is 4.79 Å². The van der Waals surface area contributed by atoms with Gasteiger partial charge in [0.2, 0.25) is 0 Å². The van der Waals surface area contributed by atoms with Crippen LogP contribution in [0.1, 0.15) is 42.7 Å². The van der Waals surface area contributed by atoms with Crippen molar-refractivity contribution in [2.75, 3.05) is 13.2 Å². The summed E-state index contributed by atoms with van der Waals surface area (Å²) in [5.74, 6) is 0.649. The molecule has 1 saturated heterocycles. The maximum atomic E-state index is 12.0. The number of primary amides is 1. The minimum absolute atomic E-state index is 0.307. The second-order valence-electron chi connectivity index (χ2n) is 6.87. The molecular formula is C19H23N3O3. The van der Waals surface area contributed by atoms with Gasteiger partial charge in [-0.3, -0.25) is 9.78 Å². The third-order valence-corrected chi connectivity index (χ3v) is 5.56. The number of hydrogen-bond acceptors (Lipinski definition) is 4. The summed E-state index contributed by atoms with van der Waals surface area (Å²) in [5.41, 5.74) is 8.68. The third-order valence-electron chi connectivity index (χ3n) is 5.56. The molecule has 2 N–H and O–H groups in total. The van der Waals surface area contributed by atoms with Gasteiger partial charge in [-0.2, -0.15) is 0 Å². The highest BCUT2D eigenvalue weighted by molar-refractivity contribution is 5.94. The predicted octanol–water partition coefficient (Wildman–Crippen LogP) is 2.70. The number of pyridine rings is 1. The molecule has 6 heteroatoms. The van der Waals surface area contributed by atoms with Crippen molar-refractivity contribution in [3.8, 4) is 17.0 Å². The highest BCUT2D eigenvalue weighted by Crippen LogP contribution is 2.51. The maximum absolute atomic E-state index is 12.0. The number of nitrogens with zero attached hydrogens (tertiary/aromatic N) is 2. The van der Waals surface area contributed by atoms with Crippen LogP contribution < -0.4 is 10.5 Å². The zero-order valence-corrected chi connectivity index (χ0v) is 14.6. The molecule has 1 unspecified atom stereocenters. The molecule has 25 heavy (non-hydrogen) atoms. The molecule has 6 nitrogen and oxygen atoms in total. The number of amides is 1. The van der Waals surface area contributed by atoms with E-state index in [-0.39, 0.29) is 0 Å². The number of hydrogen-bond donors (Lipinski definition) is 1. The Morgan fingerprint density at radius 2 is 2.20 bits per heavy atom. The summed E-state index contributed by atoms with van der Waals surface area (Å²) in [5, 5.41) is 0. The fraction of sp³-hybridized carbons (Fsp3) is 0.474. The van der Waals surface area contributed by atoms with Crippen molar-refractivity contribution >= 4 is 5.91 Å². The lowest BCUT2D eigenvalue weighted by Gasteiger charge is -2.43. The number of carbonyl (C=O) groups excluding carboxylic acids is 1. The molecule has 1 atom stereocenters. The summed E-state index contributed by atoms with van der Waals surface area (Å²) < 4.78 is 14.0. The lowest BCUT2D eigenvalue weighted by atomic mass is 9.76. The molecule has 4 heterocycles. The number of aromatic nitrogens is 2. The molecule has 0 aliphatic carbocycles. The number of nitrogens with two attached hydrogens (primary N) is 1. The van der Waals surface area contributed by atoms with E-state index >= 15 is 0 Å². The Balaban J connectivity index is 1.96. The van der Waals surface area contributed by atoms with Crippen LogP contribution in [0.3, 0.4) is 0 Å². The quantitative estimate of drug-likeness (QED) is 0.931. The van der Waals surface area contributed by atoms with Crippen LogP contribution in [0.5, 0.6) is 5.75 Å². The molecule has 2 aromatic rings. The van der Waals surface area contributed by atoms with Gasteiger partial charge in [0.25, 0.3) is 5.91 Å². The van der Waals surface area contributed by atoms with Crippen molar-refractivity contribution in [3.05, 3.63) is 35.8 Å². The van der Waals surface area contributed by atoms with Crippen LogP contribution in [0.4, 0.5) is 0 Å². The van der Waals surface area contributed by atoms with Crippen LogP contribution >= 0.6 is 0 Å². The Kier molecular flexibility index (Phi) is 3.80. The van der Waals surface area contributed by atoms with Gasteiger partial charge in [0.1, 0.15) is 17.0 Å². The van der Waals surface area contributed by atoms with E-state index in [0.29, 0.717) is 18.2 Å². The average Bonchev–Trinajstić information content (AvgIpc) is 3.04. The fourth-order valence-electron chi connectivity index (χ4n) is 4.24. The number of carbonyl (C=O) groups is 1. The molecule has 0 radical (unpaired) electrons. The first-order valence-electron chi connectivity index (χ1n) is 8.81. The summed E-state index contributed by atoms with van der Waals surface area (Å²) in [6.07, 6.45) is 5.36. The van der Waals surface area contributed by atoms with E-state index < -0.39 is 11.5 Å². The van der Waals surface area contributed by atoms with E-state index in [2.05, 4.69) is 11.9 Å². The van der Waals surface area contributed by atoms with E-state index in [0.717, 1.165) is 48.6 Å². The molecule has 0 bridgehead atoms. The van der Waals surface area contributed by atoms with E-state index in [1.54, 1.807) is 12.4 Å². The first kappa shape index (κ1) is 16.1. The van der Waals surface area contributed by atoms with Gasteiger partial charge in [-0.15, -0.1) is 0 Å². The fourth-order valence-corrected chi connectivity index (χ4v) is 4.24. The van der Waals surface area contributed by atoms with Crippen LogP contribution in [0.25, 0.3) is 11.3 Å². The van der Waals surface area contributed by atoms with Crippen molar-refractivity contribution in [1.29, 1.82) is 0 Å². The Morgan fingerprint density at radius 3 is 2.88 bits per heavy atom. The minimum atomic E-state index is -0.528. The molecule has 4 rings (SSSR count). The Hall–Kier alpha value is -2.34. The normalized spacial score (nSPS) is 22.8. The molecule has 0 spiro atoms. The van der Waals surface area contributed by atoms with Gasteiger partial charge >= 0.3 is 0 Å². The zero-order chi connectivity index (χ0) is 17.6. The monoisotopic (exact) mass is 341 g/mol. The molecule has 1 amide bonds. The maximum Gasteiger partial charge on any atom is 0.265 e. The first-order valence-corrected chi connectivity index (χ1v) is 8.81. The van der Waals surface area contributed by atoms with Crippen LogP contribution in [-0.2, 0) is 16.9 Å². The minimum Gasteiger partial charge on any atom is -0.480 e. The summed E-state index contributed by atoms with van der Waals surface area (Å²) in [6, 6.07) is 3.86. The van der Waals surface area contributed by atoms with Gasteiger partial charge in [-0.25, -0.2) is 0 Å². The lowest BCUT2D eigenvalue weighted by molar-refractivity contribution is -0.0420. The van der Waals surface area contributed by atoms with E-state index in [1.165, 1.54) is 0 Å². The topological polar surface area (TPSA) is 79.4 Å². The van der Waals surface area contributed by atoms with Crippen molar-refractivity contribution < 1.29 is 14.3 Å². The molecule has 2 aliphatic rings. The van der Waals surface area contributed by atoms with E-state index in [1.807, 2.05) is 23.6 Å². The molecule has 0 saturated carbocycles. The largest absolute Gasteiger partial charge is 0.480 e. The van der Waals surface area contributed by atoms with Gasteiger partial charge < -0.3 is 19.8 Å². The van der Waals surface area contributed by atoms with Gasteiger partial charge in [0, 0.05) is 43.0 Å². The van der Waals surface area contributed by atoms with Gasteiger partial charge in [0.15, 0.2) is 0 Å². The van der Waals surface area contributed by atoms with Crippen molar-refractivity contribution in [1.82, 2.24) is 9.55 Å². The van der Waals surface area contributed by atoms with Crippen molar-refractivity contribution in [2.24, 2.45) is 11.7 Å². The van der Waals surface area contributed by atoms with Crippen LogP contribution in [0, 0.1) is 5.92 Å². The smallest absolute Gasteiger partial charge is 0.265 e. The van der Waals surface area contributed by atoms with Gasteiger partial charge in [-0.1, -0.05) is 0 Å². The second-order valence-corrected chi connectivity index (χ2v) is 6.87. The van der Waals surface area contributed by atoms with Crippen LogP contribution in [-0.4, -0.2) is 28.7 Å². The highest BCUT2D eigenvalue weighted by atomic mass is 16.5. The van der Waals surface area contributed by atoms with Crippen molar-refractivity contribution in [2.45, 2.75) is 38.8 Å². The van der Waals surface area contributed by atoms with Gasteiger partial charge in [0.05, 0.1) is 11.9 Å². The standard InChI is InChI=1S/C19H23N3O3/c1-3-22-15(18(20)23)10-14-17(22)13-4-7-21-11-16(13)25-19(14,2)12-5-8-24-9-6-12/h4,7,10-12H,3,5-6,8-9H2,1-2H3,(H2,20,23). The first-order chi connectivity index (χ1) is 12.1. The van der Waals surface area contributed by atoms with Crippen molar-refractivity contribution in [3.63, 3.8) is 0 Å². The Labute approximate surface area is 146 Å².